The molecule has 1 aromatic rings. The second-order valence-corrected chi connectivity index (χ2v) is 4.65. The number of allylic oxidation sites excluding steroid dienone is 4. The highest BCUT2D eigenvalue weighted by Crippen LogP contribution is 2.22. The Morgan fingerprint density at radius 2 is 1.90 bits per heavy atom. The molecule has 1 aromatic carbocycles. The highest BCUT2D eigenvalue weighted by Gasteiger charge is 2.06. The van der Waals surface area contributed by atoms with Crippen LogP contribution in [0.2, 0.25) is 0 Å². The molecule has 20 heavy (non-hydrogen) atoms. The molecule has 0 aliphatic heterocycles. The van der Waals surface area contributed by atoms with Gasteiger partial charge in [0, 0.05) is 5.57 Å². The molecule has 1 rings (SSSR count). The van der Waals surface area contributed by atoms with E-state index in [2.05, 4.69) is 20.4 Å². The van der Waals surface area contributed by atoms with Crippen molar-refractivity contribution in [3.8, 4) is 5.75 Å². The summed E-state index contributed by atoms with van der Waals surface area (Å²) in [4.78, 5) is 10.6. The summed E-state index contributed by atoms with van der Waals surface area (Å²) in [5.41, 5.74) is 1.42. The fourth-order valence-electron chi connectivity index (χ4n) is 1.52. The molecule has 2 nitrogen and oxygen atoms in total. The van der Waals surface area contributed by atoms with E-state index in [1.807, 2.05) is 12.1 Å². The van der Waals surface area contributed by atoms with Gasteiger partial charge in [0.15, 0.2) is 11.6 Å². The van der Waals surface area contributed by atoms with Crippen molar-refractivity contribution in [3.05, 3.63) is 65.7 Å². The fourth-order valence-corrected chi connectivity index (χ4v) is 1.52. The summed E-state index contributed by atoms with van der Waals surface area (Å²) in [7, 11) is 0. The number of aldehydes is 1. The lowest BCUT2D eigenvalue weighted by atomic mass is 10.0. The number of halogens is 1. The number of carbonyl (C=O) groups is 1. The zero-order valence-electron chi connectivity index (χ0n) is 12.0. The van der Waals surface area contributed by atoms with Gasteiger partial charge in [-0.1, -0.05) is 38.6 Å². The molecule has 0 bridgehead atoms. The van der Waals surface area contributed by atoms with E-state index in [0.717, 1.165) is 6.08 Å². The quantitative estimate of drug-likeness (QED) is 0.325. The van der Waals surface area contributed by atoms with Gasteiger partial charge in [-0.3, -0.25) is 4.79 Å². The van der Waals surface area contributed by atoms with Crippen LogP contribution in [-0.4, -0.2) is 6.29 Å². The smallest absolute Gasteiger partial charge is 0.165 e. The average molecular weight is 274 g/mol. The van der Waals surface area contributed by atoms with Gasteiger partial charge < -0.3 is 4.74 Å². The number of rotatable bonds is 6. The third-order valence-corrected chi connectivity index (χ3v) is 2.82. The summed E-state index contributed by atoms with van der Waals surface area (Å²) in [6, 6.07) is 7.39. The van der Waals surface area contributed by atoms with E-state index in [1.165, 1.54) is 11.6 Å². The molecule has 0 aliphatic carbocycles. The second-order valence-electron chi connectivity index (χ2n) is 4.65. The van der Waals surface area contributed by atoms with Crippen molar-refractivity contribution >= 4 is 6.29 Å². The Morgan fingerprint density at radius 3 is 2.35 bits per heavy atom. The number of hydrogen-bond donors (Lipinski definition) is 0. The molecule has 0 heterocycles. The van der Waals surface area contributed by atoms with Crippen molar-refractivity contribution < 1.29 is 13.9 Å². The van der Waals surface area contributed by atoms with Crippen LogP contribution in [-0.2, 0) is 4.79 Å². The maximum atomic E-state index is 13.8. The van der Waals surface area contributed by atoms with Crippen LogP contribution in [0.5, 0.6) is 5.75 Å². The van der Waals surface area contributed by atoms with Gasteiger partial charge in [0.2, 0.25) is 0 Å². The van der Waals surface area contributed by atoms with Crippen molar-refractivity contribution in [2.45, 2.75) is 26.7 Å². The summed E-state index contributed by atoms with van der Waals surface area (Å²) in [5, 5.41) is 0. The van der Waals surface area contributed by atoms with Gasteiger partial charge in [-0.2, -0.15) is 0 Å². The van der Waals surface area contributed by atoms with Gasteiger partial charge in [-0.25, -0.2) is 4.39 Å². The summed E-state index contributed by atoms with van der Waals surface area (Å²) in [6.45, 7) is 9.36. The molecule has 0 unspecified atom stereocenters. The Hall–Kier alpha value is -2.16. The molecular weight excluding hydrogens is 255 g/mol. The van der Waals surface area contributed by atoms with Crippen LogP contribution >= 0.6 is 0 Å². The summed E-state index contributed by atoms with van der Waals surface area (Å²) >= 11 is 0. The minimum Gasteiger partial charge on any atom is -0.455 e. The molecule has 0 atom stereocenters. The fraction of sp³-hybridized carbons (Fsp3) is 0.235. The van der Waals surface area contributed by atoms with Gasteiger partial charge in [0.25, 0.3) is 0 Å². The van der Waals surface area contributed by atoms with Crippen molar-refractivity contribution in [1.29, 1.82) is 0 Å². The highest BCUT2D eigenvalue weighted by molar-refractivity contribution is 5.77. The molecular formula is C17H19FO2. The highest BCUT2D eigenvalue weighted by atomic mass is 19.1. The summed E-state index contributed by atoms with van der Waals surface area (Å²) in [5.74, 6) is 0.145. The molecule has 3 heteroatoms. The molecule has 0 spiro atoms. The van der Waals surface area contributed by atoms with Gasteiger partial charge in [-0.05, 0) is 36.6 Å². The molecule has 0 fully saturated rings. The lowest BCUT2D eigenvalue weighted by Crippen LogP contribution is -1.96. The maximum absolute atomic E-state index is 13.8. The van der Waals surface area contributed by atoms with Crippen LogP contribution in [0.25, 0.3) is 0 Å². The lowest BCUT2D eigenvalue weighted by Gasteiger charge is -2.09. The first-order chi connectivity index (χ1) is 9.47. The Balaban J connectivity index is 2.78. The molecule has 0 saturated carbocycles. The number of ether oxygens (including phenoxy) is 1. The van der Waals surface area contributed by atoms with E-state index in [0.29, 0.717) is 18.0 Å². The standard InChI is InChI=1S/C17H19FO2/c1-5-14(11-19)10-17(18)13(4)20-16-8-6-15(7-9-16)12(2)3/h5-12H,4H2,1-3H3/b14-5+,17-10+. The largest absolute Gasteiger partial charge is 0.455 e. The van der Waals surface area contributed by atoms with Crippen molar-refractivity contribution in [1.82, 2.24) is 0 Å². The molecule has 0 aliphatic rings. The van der Waals surface area contributed by atoms with E-state index in [4.69, 9.17) is 4.74 Å². The average Bonchev–Trinajstić information content (AvgIpc) is 2.44. The molecule has 0 amide bonds. The Labute approximate surface area is 119 Å². The minimum absolute atomic E-state index is 0.122. The molecule has 0 radical (unpaired) electrons. The Bertz CT molecular complexity index is 537. The number of benzene rings is 1. The topological polar surface area (TPSA) is 26.3 Å². The first kappa shape index (κ1) is 15.9. The van der Waals surface area contributed by atoms with Crippen LogP contribution in [0.4, 0.5) is 4.39 Å². The molecule has 0 aromatic heterocycles. The second kappa shape index (κ2) is 7.43. The first-order valence-electron chi connectivity index (χ1n) is 6.43. The van der Waals surface area contributed by atoms with Crippen molar-refractivity contribution in [2.24, 2.45) is 0 Å². The normalized spacial score (nSPS) is 12.4. The van der Waals surface area contributed by atoms with Crippen molar-refractivity contribution in [2.75, 3.05) is 0 Å². The van der Waals surface area contributed by atoms with Crippen LogP contribution in [0.1, 0.15) is 32.3 Å². The summed E-state index contributed by atoms with van der Waals surface area (Å²) in [6.07, 6.45) is 3.18. The molecule has 106 valence electrons. The maximum Gasteiger partial charge on any atom is 0.165 e. The minimum atomic E-state index is -0.668. The van der Waals surface area contributed by atoms with Crippen LogP contribution in [0.15, 0.2) is 60.2 Å². The number of carbonyl (C=O) groups excluding carboxylic acids is 1. The SMILES string of the molecule is C=C(Oc1ccc(C(C)C)cc1)/C(F)=C\C(C=O)=C/C. The predicted octanol–water partition coefficient (Wildman–Crippen LogP) is 4.70. The van der Waals surface area contributed by atoms with E-state index < -0.39 is 5.83 Å². The first-order valence-corrected chi connectivity index (χ1v) is 6.43. The summed E-state index contributed by atoms with van der Waals surface area (Å²) < 4.78 is 19.1. The third-order valence-electron chi connectivity index (χ3n) is 2.82. The monoisotopic (exact) mass is 274 g/mol. The van der Waals surface area contributed by atoms with Gasteiger partial charge in [0.1, 0.15) is 12.0 Å². The van der Waals surface area contributed by atoms with Gasteiger partial charge >= 0.3 is 0 Å². The van der Waals surface area contributed by atoms with E-state index in [9.17, 15) is 9.18 Å². The Morgan fingerprint density at radius 1 is 1.30 bits per heavy atom. The van der Waals surface area contributed by atoms with Crippen molar-refractivity contribution in [3.63, 3.8) is 0 Å². The van der Waals surface area contributed by atoms with Crippen LogP contribution < -0.4 is 4.74 Å². The van der Waals surface area contributed by atoms with E-state index in [-0.39, 0.29) is 11.3 Å². The zero-order chi connectivity index (χ0) is 15.1. The Kier molecular flexibility index (Phi) is 5.91. The number of hydrogen-bond acceptors (Lipinski definition) is 2. The van der Waals surface area contributed by atoms with Gasteiger partial charge in [0.05, 0.1) is 0 Å². The van der Waals surface area contributed by atoms with E-state index in [1.54, 1.807) is 19.1 Å². The third kappa shape index (κ3) is 4.50. The zero-order valence-corrected chi connectivity index (χ0v) is 12.0. The molecule has 0 N–H and O–H groups in total. The van der Waals surface area contributed by atoms with Crippen LogP contribution in [0, 0.1) is 0 Å². The van der Waals surface area contributed by atoms with Gasteiger partial charge in [-0.15, -0.1) is 0 Å². The molecule has 0 saturated heterocycles. The van der Waals surface area contributed by atoms with E-state index >= 15 is 0 Å². The lowest BCUT2D eigenvalue weighted by molar-refractivity contribution is -0.104. The predicted molar refractivity (Wildman–Crippen MR) is 79.3 cm³/mol. The van der Waals surface area contributed by atoms with Crippen LogP contribution in [0.3, 0.4) is 0 Å².